The van der Waals surface area contributed by atoms with Crippen molar-refractivity contribution in [1.29, 1.82) is 0 Å². The topological polar surface area (TPSA) is 243 Å². The fourth-order valence-electron chi connectivity index (χ4n) is 7.01. The number of non-ortho nitro benzene ring substituents is 2. The first-order valence-corrected chi connectivity index (χ1v) is 20.3. The summed E-state index contributed by atoms with van der Waals surface area (Å²) in [5, 5.41) is 33.3. The van der Waals surface area contributed by atoms with Crippen LogP contribution in [0.25, 0.3) is 0 Å². The summed E-state index contributed by atoms with van der Waals surface area (Å²) in [6.45, 7) is 12.1. The highest BCUT2D eigenvalue weighted by Gasteiger charge is 2.46. The van der Waals surface area contributed by atoms with Gasteiger partial charge in [0.25, 0.3) is 11.4 Å². The van der Waals surface area contributed by atoms with Gasteiger partial charge in [0.15, 0.2) is 0 Å². The van der Waals surface area contributed by atoms with E-state index in [1.54, 1.807) is 26.0 Å². The quantitative estimate of drug-likeness (QED) is 0.0259. The Balaban J connectivity index is 1.39. The highest BCUT2D eigenvalue weighted by atomic mass is 16.7. The third kappa shape index (κ3) is 14.8. The number of nitro benzene ring substituents is 2. The fraction of sp³-hybridized carbons (Fsp3) is 0.500. The Hall–Kier alpha value is -6.14. The summed E-state index contributed by atoms with van der Waals surface area (Å²) < 4.78 is 38.9. The normalized spacial score (nSPS) is 26.3. The van der Waals surface area contributed by atoms with Crippen LogP contribution in [-0.4, -0.2) is 81.4 Å². The van der Waals surface area contributed by atoms with E-state index in [0.29, 0.717) is 18.4 Å². The van der Waals surface area contributed by atoms with Gasteiger partial charge < -0.3 is 38.3 Å². The van der Waals surface area contributed by atoms with Crippen LogP contribution in [0.5, 0.6) is 11.5 Å². The number of nitrogens with zero attached hydrogens (tertiary/aromatic N) is 2. The third-order valence-electron chi connectivity index (χ3n) is 10.6. The molecule has 0 saturated carbocycles. The number of cyclic esters (lactones) is 1. The molecule has 18 heteroatoms. The van der Waals surface area contributed by atoms with Crippen LogP contribution in [0.2, 0.25) is 0 Å². The zero-order valence-electron chi connectivity index (χ0n) is 35.7. The monoisotopic (exact) mass is 866 g/mol. The van der Waals surface area contributed by atoms with Crippen molar-refractivity contribution in [1.82, 2.24) is 0 Å². The maximum Gasteiger partial charge on any atom is 0.514 e. The molecule has 10 atom stereocenters. The van der Waals surface area contributed by atoms with Crippen LogP contribution in [0.4, 0.5) is 21.0 Å². The lowest BCUT2D eigenvalue weighted by molar-refractivity contribution is -0.385. The van der Waals surface area contributed by atoms with E-state index in [4.69, 9.17) is 33.2 Å². The Labute approximate surface area is 359 Å². The largest absolute Gasteiger partial charge is 0.514 e. The van der Waals surface area contributed by atoms with Gasteiger partial charge in [-0.15, -0.1) is 0 Å². The van der Waals surface area contributed by atoms with Crippen LogP contribution in [0.3, 0.4) is 0 Å². The molecule has 1 fully saturated rings. The van der Waals surface area contributed by atoms with E-state index < -0.39 is 76.5 Å². The summed E-state index contributed by atoms with van der Waals surface area (Å²) in [4.78, 5) is 71.5. The first-order chi connectivity index (χ1) is 29.3. The number of benzene rings is 2. The molecule has 2 aliphatic heterocycles. The first kappa shape index (κ1) is 48.5. The molecule has 0 aliphatic carbocycles. The van der Waals surface area contributed by atoms with E-state index in [2.05, 4.69) is 0 Å². The number of aliphatic hydroxyl groups is 1. The van der Waals surface area contributed by atoms with Gasteiger partial charge in [-0.3, -0.25) is 29.8 Å². The minimum Gasteiger partial charge on any atom is -0.457 e. The highest BCUT2D eigenvalue weighted by molar-refractivity contribution is 5.72. The summed E-state index contributed by atoms with van der Waals surface area (Å²) in [5.74, 6) is -1.79. The van der Waals surface area contributed by atoms with E-state index in [0.717, 1.165) is 12.1 Å². The van der Waals surface area contributed by atoms with Crippen LogP contribution in [-0.2, 0) is 33.3 Å². The van der Waals surface area contributed by atoms with Crippen molar-refractivity contribution in [3.05, 3.63) is 105 Å². The van der Waals surface area contributed by atoms with Crippen LogP contribution in [0.15, 0.2) is 84.5 Å². The SMILES string of the molecule is CCC(OC(=O)Oc1ccc([N+](=O)[O-])cc1)C(C)C1OC1CC(C)/C=C/C=C(\C)C1OC(=O)CC(OC(=O)Oc2ccc([N+](=O)[O-])cc2)CCC(C)(O)C(OC(C)=O)/C=C\C1C. The molecule has 0 spiro atoms. The minimum absolute atomic E-state index is 0.0297. The summed E-state index contributed by atoms with van der Waals surface area (Å²) >= 11 is 0. The predicted molar refractivity (Wildman–Crippen MR) is 221 cm³/mol. The molecule has 336 valence electrons. The number of allylic oxidation sites excluding steroid dienone is 3. The Morgan fingerprint density at radius 3 is 2.06 bits per heavy atom. The molecule has 0 amide bonds. The zero-order chi connectivity index (χ0) is 45.7. The number of epoxide rings is 1. The smallest absolute Gasteiger partial charge is 0.457 e. The van der Waals surface area contributed by atoms with E-state index in [1.165, 1.54) is 50.2 Å². The summed E-state index contributed by atoms with van der Waals surface area (Å²) in [7, 11) is 0. The lowest BCUT2D eigenvalue weighted by Gasteiger charge is -2.33. The van der Waals surface area contributed by atoms with Gasteiger partial charge in [0.2, 0.25) is 0 Å². The van der Waals surface area contributed by atoms with Crippen LogP contribution in [0, 0.1) is 38.0 Å². The number of nitro groups is 2. The molecule has 0 radical (unpaired) electrons. The maximum absolute atomic E-state index is 13.4. The standard InChI is InChI=1S/C44H54N2O16/c1-8-36(61-43(50)58-34-19-15-32(16-20-34)46(54)55)29(5)41-37(60-41)24-26(2)10-9-11-27(3)40-28(4)12-21-38(56-30(6)47)44(7,51)23-22-35(25-39(48)62-40)59-42(49)57-33-17-13-31(14-18-33)45(52)53/h9-21,26,28-29,35-38,40-41,51H,8,22-25H2,1-7H3/b10-9+,21-12-,27-11+. The van der Waals surface area contributed by atoms with Crippen molar-refractivity contribution >= 4 is 35.6 Å². The lowest BCUT2D eigenvalue weighted by Crippen LogP contribution is -2.42. The molecule has 10 unspecified atom stereocenters. The average molecular weight is 867 g/mol. The predicted octanol–water partition coefficient (Wildman–Crippen LogP) is 8.28. The molecule has 2 aromatic carbocycles. The fourth-order valence-corrected chi connectivity index (χ4v) is 7.01. The molecule has 18 nitrogen and oxygen atoms in total. The number of ether oxygens (including phenoxy) is 7. The third-order valence-corrected chi connectivity index (χ3v) is 10.6. The number of esters is 2. The second kappa shape index (κ2) is 22.1. The van der Waals surface area contributed by atoms with Gasteiger partial charge in [-0.25, -0.2) is 9.59 Å². The molecule has 0 aromatic heterocycles. The van der Waals surface area contributed by atoms with Crippen molar-refractivity contribution in [3.63, 3.8) is 0 Å². The molecular formula is C44H54N2O16. The maximum atomic E-state index is 13.4. The average Bonchev–Trinajstić information content (AvgIpc) is 3.97. The van der Waals surface area contributed by atoms with Crippen molar-refractivity contribution in [2.24, 2.45) is 17.8 Å². The molecule has 4 rings (SSSR count). The molecule has 62 heavy (non-hydrogen) atoms. The molecule has 2 heterocycles. The van der Waals surface area contributed by atoms with Gasteiger partial charge in [-0.2, -0.15) is 0 Å². The van der Waals surface area contributed by atoms with E-state index in [-0.39, 0.29) is 59.8 Å². The number of hydrogen-bond acceptors (Lipinski definition) is 16. The van der Waals surface area contributed by atoms with E-state index >= 15 is 0 Å². The number of carbonyl (C=O) groups excluding carboxylic acids is 4. The number of carbonyl (C=O) groups is 4. The molecular weight excluding hydrogens is 812 g/mol. The van der Waals surface area contributed by atoms with Gasteiger partial charge in [0, 0.05) is 43.0 Å². The molecule has 1 saturated heterocycles. The van der Waals surface area contributed by atoms with Crippen molar-refractivity contribution in [2.75, 3.05) is 0 Å². The second-order valence-electron chi connectivity index (χ2n) is 15.8. The van der Waals surface area contributed by atoms with Gasteiger partial charge in [-0.1, -0.05) is 52.0 Å². The Morgan fingerprint density at radius 1 is 0.935 bits per heavy atom. The van der Waals surface area contributed by atoms with Crippen LogP contribution >= 0.6 is 0 Å². The second-order valence-corrected chi connectivity index (χ2v) is 15.8. The van der Waals surface area contributed by atoms with Gasteiger partial charge in [0.1, 0.15) is 41.5 Å². The van der Waals surface area contributed by atoms with Crippen molar-refractivity contribution in [2.45, 2.75) is 123 Å². The number of hydrogen-bond donors (Lipinski definition) is 1. The zero-order valence-corrected chi connectivity index (χ0v) is 35.7. The Bertz CT molecular complexity index is 1990. The summed E-state index contributed by atoms with van der Waals surface area (Å²) in [5.41, 5.74) is -1.31. The Morgan fingerprint density at radius 2 is 1.52 bits per heavy atom. The molecule has 0 bridgehead atoms. The molecule has 1 N–H and O–H groups in total. The van der Waals surface area contributed by atoms with E-state index in [1.807, 2.05) is 39.0 Å². The van der Waals surface area contributed by atoms with Crippen LogP contribution < -0.4 is 9.47 Å². The highest BCUT2D eigenvalue weighted by Crippen LogP contribution is 2.38. The summed E-state index contributed by atoms with van der Waals surface area (Å²) in [6, 6.07) is 9.84. The van der Waals surface area contributed by atoms with Gasteiger partial charge in [0.05, 0.1) is 28.5 Å². The molecule has 2 aliphatic rings. The number of rotatable bonds is 15. The van der Waals surface area contributed by atoms with Crippen LogP contribution in [0.1, 0.15) is 80.6 Å². The Kier molecular flexibility index (Phi) is 17.3. The lowest BCUT2D eigenvalue weighted by atomic mass is 9.88. The first-order valence-electron chi connectivity index (χ1n) is 20.3. The van der Waals surface area contributed by atoms with Crippen molar-refractivity contribution < 1.29 is 67.3 Å². The van der Waals surface area contributed by atoms with E-state index in [9.17, 15) is 44.5 Å². The van der Waals surface area contributed by atoms with Crippen molar-refractivity contribution in [3.8, 4) is 11.5 Å². The minimum atomic E-state index is -1.64. The molecule has 2 aromatic rings. The summed E-state index contributed by atoms with van der Waals surface area (Å²) in [6.07, 6.45) is 3.68. The van der Waals surface area contributed by atoms with Gasteiger partial charge >= 0.3 is 24.2 Å². The van der Waals surface area contributed by atoms with Gasteiger partial charge in [-0.05, 0) is 81.4 Å².